The average Bonchev–Trinajstić information content (AvgIpc) is 2.11. The van der Waals surface area contributed by atoms with Gasteiger partial charge in [0.05, 0.1) is 6.61 Å². The number of carbonyl (C=O) groups excluding carboxylic acids is 1. The lowest BCUT2D eigenvalue weighted by atomic mass is 10.4. The molecule has 3 heteroatoms. The van der Waals surface area contributed by atoms with Crippen LogP contribution in [0.15, 0.2) is 12.2 Å². The van der Waals surface area contributed by atoms with Gasteiger partial charge in [-0.3, -0.25) is 9.69 Å². The van der Waals surface area contributed by atoms with Crippen LogP contribution >= 0.6 is 0 Å². The first-order valence-corrected chi connectivity index (χ1v) is 4.16. The lowest BCUT2D eigenvalue weighted by Gasteiger charge is -2.17. The first kappa shape index (κ1) is 11.3. The molecule has 0 aliphatic carbocycles. The summed E-state index contributed by atoms with van der Waals surface area (Å²) in [5, 5.41) is 0. The van der Waals surface area contributed by atoms with Crippen molar-refractivity contribution in [2.24, 2.45) is 0 Å². The van der Waals surface area contributed by atoms with Gasteiger partial charge < -0.3 is 4.74 Å². The Kier molecular flexibility index (Phi) is 7.96. The molecule has 0 fully saturated rings. The number of nitrogens with zero attached hydrogens (tertiary/aromatic N) is 1. The molecule has 0 spiro atoms. The Morgan fingerprint density at radius 2 is 2.25 bits per heavy atom. The minimum atomic E-state index is 0.739. The molecule has 0 heterocycles. The predicted molar refractivity (Wildman–Crippen MR) is 49.2 cm³/mol. The molecule has 0 amide bonds. The average molecular weight is 171 g/mol. The van der Waals surface area contributed by atoms with Crippen LogP contribution in [0.3, 0.4) is 0 Å². The number of aldehydes is 1. The van der Waals surface area contributed by atoms with Crippen LogP contribution in [-0.2, 0) is 9.53 Å². The van der Waals surface area contributed by atoms with Crippen LogP contribution in [0.4, 0.5) is 0 Å². The lowest BCUT2D eigenvalue weighted by molar-refractivity contribution is -0.104. The lowest BCUT2D eigenvalue weighted by Crippen LogP contribution is -2.27. The number of carbonyl (C=O) groups is 1. The summed E-state index contributed by atoms with van der Waals surface area (Å²) >= 11 is 0. The van der Waals surface area contributed by atoms with E-state index >= 15 is 0 Å². The number of likely N-dealkylation sites (N-methyl/N-ethyl adjacent to an activating group) is 1. The number of hydrogen-bond donors (Lipinski definition) is 0. The maximum atomic E-state index is 9.96. The fourth-order valence-corrected chi connectivity index (χ4v) is 0.864. The minimum Gasteiger partial charge on any atom is -0.383 e. The smallest absolute Gasteiger partial charge is 0.142 e. The van der Waals surface area contributed by atoms with Crippen molar-refractivity contribution in [3.8, 4) is 0 Å². The zero-order valence-corrected chi connectivity index (χ0v) is 7.82. The van der Waals surface area contributed by atoms with E-state index in [1.54, 1.807) is 7.11 Å². The van der Waals surface area contributed by atoms with Crippen molar-refractivity contribution in [3.05, 3.63) is 12.2 Å². The molecular weight excluding hydrogens is 154 g/mol. The molecule has 0 atom stereocenters. The highest BCUT2D eigenvalue weighted by Gasteiger charge is 1.97. The van der Waals surface area contributed by atoms with Crippen molar-refractivity contribution in [1.82, 2.24) is 4.90 Å². The van der Waals surface area contributed by atoms with E-state index in [1.807, 2.05) is 6.08 Å². The fraction of sp³-hybridized carbons (Fsp3) is 0.667. The number of rotatable bonds is 7. The van der Waals surface area contributed by atoms with E-state index in [4.69, 9.17) is 4.74 Å². The molecule has 0 saturated carbocycles. The summed E-state index contributed by atoms with van der Waals surface area (Å²) in [5.74, 6) is 0. The number of hydrogen-bond acceptors (Lipinski definition) is 3. The third kappa shape index (κ3) is 6.07. The second-order valence-corrected chi connectivity index (χ2v) is 2.45. The van der Waals surface area contributed by atoms with Crippen molar-refractivity contribution < 1.29 is 9.53 Å². The van der Waals surface area contributed by atoms with Crippen LogP contribution in [0.2, 0.25) is 0 Å². The Morgan fingerprint density at radius 3 is 2.75 bits per heavy atom. The Morgan fingerprint density at radius 1 is 1.50 bits per heavy atom. The summed E-state index contributed by atoms with van der Waals surface area (Å²) in [6, 6.07) is 0. The summed E-state index contributed by atoms with van der Waals surface area (Å²) in [5.41, 5.74) is 0. The monoisotopic (exact) mass is 171 g/mol. The molecule has 0 unspecified atom stereocenters. The quantitative estimate of drug-likeness (QED) is 0.417. The Balaban J connectivity index is 3.51. The molecule has 0 aromatic carbocycles. The van der Waals surface area contributed by atoms with E-state index in [0.717, 1.165) is 32.5 Å². The van der Waals surface area contributed by atoms with Gasteiger partial charge >= 0.3 is 0 Å². The maximum absolute atomic E-state index is 9.96. The van der Waals surface area contributed by atoms with E-state index < -0.39 is 0 Å². The van der Waals surface area contributed by atoms with Gasteiger partial charge in [0.25, 0.3) is 0 Å². The molecule has 0 aromatic rings. The zero-order valence-electron chi connectivity index (χ0n) is 7.82. The summed E-state index contributed by atoms with van der Waals surface area (Å²) in [6.45, 7) is 5.54. The third-order valence-corrected chi connectivity index (χ3v) is 1.64. The van der Waals surface area contributed by atoms with Crippen LogP contribution in [0.25, 0.3) is 0 Å². The molecule has 0 radical (unpaired) electrons. The van der Waals surface area contributed by atoms with E-state index in [0.29, 0.717) is 0 Å². The minimum absolute atomic E-state index is 0.739. The molecule has 0 bridgehead atoms. The molecule has 70 valence electrons. The molecule has 0 aliphatic heterocycles. The highest BCUT2D eigenvalue weighted by molar-refractivity contribution is 5.64. The van der Waals surface area contributed by atoms with Gasteiger partial charge in [0.15, 0.2) is 0 Å². The van der Waals surface area contributed by atoms with Gasteiger partial charge in [-0.2, -0.15) is 0 Å². The normalized spacial score (nSPS) is 11.2. The Labute approximate surface area is 74.0 Å². The van der Waals surface area contributed by atoms with Gasteiger partial charge in [0, 0.05) is 20.2 Å². The molecular formula is C9H17NO2. The Bertz CT molecular complexity index is 134. The standard InChI is InChI=1S/C9H17NO2/c1-3-10(7-9-12-2)6-4-5-8-11/h4-5,8H,3,6-7,9H2,1-2H3. The van der Waals surface area contributed by atoms with Crippen molar-refractivity contribution in [1.29, 1.82) is 0 Å². The molecule has 12 heavy (non-hydrogen) atoms. The second kappa shape index (κ2) is 8.43. The van der Waals surface area contributed by atoms with E-state index in [2.05, 4.69) is 11.8 Å². The molecule has 3 nitrogen and oxygen atoms in total. The van der Waals surface area contributed by atoms with Gasteiger partial charge in [-0.15, -0.1) is 0 Å². The van der Waals surface area contributed by atoms with Gasteiger partial charge in [-0.25, -0.2) is 0 Å². The van der Waals surface area contributed by atoms with Crippen LogP contribution in [0.1, 0.15) is 6.92 Å². The SMILES string of the molecule is CCN(CC=CC=O)CCOC. The van der Waals surface area contributed by atoms with Crippen molar-refractivity contribution in [2.75, 3.05) is 33.4 Å². The molecule has 0 aromatic heterocycles. The van der Waals surface area contributed by atoms with Gasteiger partial charge in [-0.05, 0) is 12.6 Å². The first-order chi connectivity index (χ1) is 5.85. The molecule has 0 saturated heterocycles. The summed E-state index contributed by atoms with van der Waals surface area (Å²) in [7, 11) is 1.69. The molecule has 0 aliphatic rings. The predicted octanol–water partition coefficient (Wildman–Crippen LogP) is 0.710. The van der Waals surface area contributed by atoms with Crippen molar-refractivity contribution in [2.45, 2.75) is 6.92 Å². The zero-order chi connectivity index (χ0) is 9.23. The second-order valence-electron chi connectivity index (χ2n) is 2.45. The van der Waals surface area contributed by atoms with Gasteiger partial charge in [0.1, 0.15) is 6.29 Å². The van der Waals surface area contributed by atoms with Crippen LogP contribution in [-0.4, -0.2) is 44.5 Å². The summed E-state index contributed by atoms with van der Waals surface area (Å²) < 4.78 is 4.95. The van der Waals surface area contributed by atoms with Crippen LogP contribution in [0.5, 0.6) is 0 Å². The largest absolute Gasteiger partial charge is 0.383 e. The van der Waals surface area contributed by atoms with E-state index in [9.17, 15) is 4.79 Å². The number of methoxy groups -OCH3 is 1. The van der Waals surface area contributed by atoms with Gasteiger partial charge in [0.2, 0.25) is 0 Å². The maximum Gasteiger partial charge on any atom is 0.142 e. The first-order valence-electron chi connectivity index (χ1n) is 4.16. The van der Waals surface area contributed by atoms with Gasteiger partial charge in [-0.1, -0.05) is 13.0 Å². The molecule has 0 rings (SSSR count). The fourth-order valence-electron chi connectivity index (χ4n) is 0.864. The van der Waals surface area contributed by atoms with Crippen molar-refractivity contribution >= 4 is 6.29 Å². The van der Waals surface area contributed by atoms with Crippen LogP contribution in [0, 0.1) is 0 Å². The highest BCUT2D eigenvalue weighted by atomic mass is 16.5. The summed E-state index contributed by atoms with van der Waals surface area (Å²) in [4.78, 5) is 12.2. The Hall–Kier alpha value is -0.670. The highest BCUT2D eigenvalue weighted by Crippen LogP contribution is 1.87. The van der Waals surface area contributed by atoms with Crippen molar-refractivity contribution in [3.63, 3.8) is 0 Å². The number of ether oxygens (including phenoxy) is 1. The number of allylic oxidation sites excluding steroid dienone is 1. The summed E-state index contributed by atoms with van der Waals surface area (Å²) in [6.07, 6.45) is 4.17. The molecule has 0 N–H and O–H groups in total. The van der Waals surface area contributed by atoms with E-state index in [1.165, 1.54) is 6.08 Å². The topological polar surface area (TPSA) is 29.5 Å². The van der Waals surface area contributed by atoms with Crippen LogP contribution < -0.4 is 0 Å². The third-order valence-electron chi connectivity index (χ3n) is 1.64. The van der Waals surface area contributed by atoms with E-state index in [-0.39, 0.29) is 0 Å².